The van der Waals surface area contributed by atoms with E-state index in [0.717, 1.165) is 26.2 Å². The number of hydrogen-bond acceptors (Lipinski definition) is 3. The Morgan fingerprint density at radius 3 is 2.08 bits per heavy atom. The van der Waals surface area contributed by atoms with Crippen LogP contribution < -0.4 is 0 Å². The van der Waals surface area contributed by atoms with Crippen LogP contribution in [0, 0.1) is 22.7 Å². The van der Waals surface area contributed by atoms with Crippen molar-refractivity contribution in [2.75, 3.05) is 40.3 Å². The minimum atomic E-state index is -0.506. The lowest BCUT2D eigenvalue weighted by molar-refractivity contribution is -0.922. The predicted molar refractivity (Wildman–Crippen MR) is 48.4 cm³/mol. The van der Waals surface area contributed by atoms with Gasteiger partial charge in [-0.15, -0.1) is 0 Å². The van der Waals surface area contributed by atoms with E-state index in [0.29, 0.717) is 4.48 Å². The lowest BCUT2D eigenvalue weighted by Gasteiger charge is -2.41. The summed E-state index contributed by atoms with van der Waals surface area (Å²) in [6, 6.07) is 3.63. The van der Waals surface area contributed by atoms with E-state index in [1.165, 1.54) is 0 Å². The highest BCUT2D eigenvalue weighted by Crippen LogP contribution is 2.13. The van der Waals surface area contributed by atoms with E-state index in [9.17, 15) is 0 Å². The minimum absolute atomic E-state index is 0.506. The quantitative estimate of drug-likeness (QED) is 0.523. The van der Waals surface area contributed by atoms with Crippen LogP contribution in [-0.4, -0.2) is 55.7 Å². The number of nitrogens with zero attached hydrogens (tertiary/aromatic N) is 4. The third-order valence-electron chi connectivity index (χ3n) is 2.85. The fourth-order valence-corrected chi connectivity index (χ4v) is 1.59. The van der Waals surface area contributed by atoms with Crippen LogP contribution in [0.5, 0.6) is 0 Å². The van der Waals surface area contributed by atoms with Crippen molar-refractivity contribution in [1.29, 1.82) is 10.5 Å². The molecule has 0 bridgehead atoms. The van der Waals surface area contributed by atoms with Crippen molar-refractivity contribution >= 4 is 0 Å². The Morgan fingerprint density at radius 1 is 1.23 bits per heavy atom. The molecule has 0 radical (unpaired) electrons. The molecule has 1 rings (SSSR count). The van der Waals surface area contributed by atoms with Crippen molar-refractivity contribution < 1.29 is 4.48 Å². The Kier molecular flexibility index (Phi) is 2.87. The first-order valence-electron chi connectivity index (χ1n) is 4.44. The maximum absolute atomic E-state index is 8.81. The van der Waals surface area contributed by atoms with Gasteiger partial charge < -0.3 is 0 Å². The second-order valence-corrected chi connectivity index (χ2v) is 3.89. The highest BCUT2D eigenvalue weighted by molar-refractivity contribution is 5.02. The Labute approximate surface area is 79.2 Å². The molecule has 0 aromatic heterocycles. The zero-order valence-corrected chi connectivity index (χ0v) is 8.19. The van der Waals surface area contributed by atoms with E-state index in [4.69, 9.17) is 10.5 Å². The maximum atomic E-state index is 8.81. The van der Waals surface area contributed by atoms with E-state index in [1.54, 1.807) is 0 Å². The third-order valence-corrected chi connectivity index (χ3v) is 2.85. The van der Waals surface area contributed by atoms with Gasteiger partial charge in [-0.2, -0.15) is 10.5 Å². The van der Waals surface area contributed by atoms with E-state index in [1.807, 2.05) is 7.05 Å². The molecule has 0 saturated carbocycles. The summed E-state index contributed by atoms with van der Waals surface area (Å²) in [6.07, 6.45) is 0. The van der Waals surface area contributed by atoms with Gasteiger partial charge in [0.15, 0.2) is 0 Å². The Balaban J connectivity index is 2.68. The maximum Gasteiger partial charge on any atom is 0.263 e. The highest BCUT2D eigenvalue weighted by atomic mass is 15.4. The smallest absolute Gasteiger partial charge is 0.263 e. The van der Waals surface area contributed by atoms with Crippen LogP contribution in [0.25, 0.3) is 0 Å². The molecule has 0 aromatic carbocycles. The van der Waals surface area contributed by atoms with Gasteiger partial charge in [0.2, 0.25) is 0 Å². The first kappa shape index (κ1) is 9.98. The van der Waals surface area contributed by atoms with Crippen LogP contribution >= 0.6 is 0 Å². The molecule has 1 fully saturated rings. The van der Waals surface area contributed by atoms with Crippen LogP contribution in [0.3, 0.4) is 0 Å². The molecule has 0 unspecified atom stereocenters. The lowest BCUT2D eigenvalue weighted by atomic mass is 10.2. The summed E-state index contributed by atoms with van der Waals surface area (Å²) in [6.45, 7) is 3.72. The number of quaternary nitrogens is 1. The fourth-order valence-electron chi connectivity index (χ4n) is 1.59. The van der Waals surface area contributed by atoms with Crippen molar-refractivity contribution in [2.45, 2.75) is 6.04 Å². The Morgan fingerprint density at radius 2 is 1.69 bits per heavy atom. The summed E-state index contributed by atoms with van der Waals surface area (Å²) in [7, 11) is 4.06. The van der Waals surface area contributed by atoms with E-state index >= 15 is 0 Å². The molecule has 1 aliphatic heterocycles. The van der Waals surface area contributed by atoms with E-state index < -0.39 is 6.04 Å². The van der Waals surface area contributed by atoms with Crippen molar-refractivity contribution in [3.63, 3.8) is 0 Å². The Hall–Kier alpha value is -1.10. The number of likely N-dealkylation sites (N-methyl/N-ethyl adjacent to an activating group) is 2. The summed E-state index contributed by atoms with van der Waals surface area (Å²) < 4.78 is 0.581. The van der Waals surface area contributed by atoms with Gasteiger partial charge in [-0.25, -0.2) is 0 Å². The molecule has 4 nitrogen and oxygen atoms in total. The second kappa shape index (κ2) is 3.74. The van der Waals surface area contributed by atoms with Gasteiger partial charge in [0.25, 0.3) is 6.04 Å². The van der Waals surface area contributed by atoms with Gasteiger partial charge in [0.05, 0.1) is 20.1 Å². The zero-order valence-electron chi connectivity index (χ0n) is 8.19. The van der Waals surface area contributed by atoms with Gasteiger partial charge in [-0.1, -0.05) is 0 Å². The average Bonchev–Trinajstić information content (AvgIpc) is 2.13. The predicted octanol–water partition coefficient (Wildman–Crippen LogP) is -0.206. The molecule has 0 atom stereocenters. The summed E-state index contributed by atoms with van der Waals surface area (Å²) in [5, 5.41) is 17.6. The van der Waals surface area contributed by atoms with E-state index in [2.05, 4.69) is 24.1 Å². The molecular formula is C9H15N4+. The first-order valence-corrected chi connectivity index (χ1v) is 4.44. The molecule has 1 heterocycles. The number of hydrogen-bond donors (Lipinski definition) is 0. The molecule has 4 heteroatoms. The Bertz CT molecular complexity index is 238. The molecule has 13 heavy (non-hydrogen) atoms. The molecule has 0 aromatic rings. The van der Waals surface area contributed by atoms with Crippen LogP contribution in [0.1, 0.15) is 0 Å². The van der Waals surface area contributed by atoms with Crippen molar-refractivity contribution in [3.8, 4) is 12.1 Å². The van der Waals surface area contributed by atoms with E-state index in [-0.39, 0.29) is 0 Å². The first-order chi connectivity index (χ1) is 6.12. The standard InChI is InChI=1S/C9H15N4/c1-12-3-5-13(2,6-4-12)9(7-10)8-11/h9H,3-6H2,1-2H3/q+1. The van der Waals surface area contributed by atoms with Crippen LogP contribution in [-0.2, 0) is 0 Å². The molecular weight excluding hydrogens is 164 g/mol. The topological polar surface area (TPSA) is 50.8 Å². The van der Waals surface area contributed by atoms with Crippen LogP contribution in [0.4, 0.5) is 0 Å². The van der Waals surface area contributed by atoms with Crippen molar-refractivity contribution in [2.24, 2.45) is 0 Å². The van der Waals surface area contributed by atoms with Gasteiger partial charge in [-0.3, -0.25) is 9.38 Å². The zero-order chi connectivity index (χ0) is 9.90. The monoisotopic (exact) mass is 179 g/mol. The van der Waals surface area contributed by atoms with Gasteiger partial charge >= 0.3 is 0 Å². The van der Waals surface area contributed by atoms with Gasteiger partial charge in [0.1, 0.15) is 12.1 Å². The second-order valence-electron chi connectivity index (χ2n) is 3.89. The number of piperazine rings is 1. The largest absolute Gasteiger partial charge is 0.298 e. The summed E-state index contributed by atoms with van der Waals surface area (Å²) in [5.74, 6) is 0. The average molecular weight is 179 g/mol. The molecule has 0 amide bonds. The fraction of sp³-hybridized carbons (Fsp3) is 0.778. The summed E-state index contributed by atoms with van der Waals surface area (Å²) >= 11 is 0. The van der Waals surface area contributed by atoms with Gasteiger partial charge in [0, 0.05) is 13.1 Å². The minimum Gasteiger partial charge on any atom is -0.298 e. The number of rotatable bonds is 1. The van der Waals surface area contributed by atoms with Crippen molar-refractivity contribution in [1.82, 2.24) is 4.90 Å². The normalized spacial score (nSPS) is 22.2. The van der Waals surface area contributed by atoms with Crippen LogP contribution in [0.2, 0.25) is 0 Å². The molecule has 70 valence electrons. The van der Waals surface area contributed by atoms with Crippen molar-refractivity contribution in [3.05, 3.63) is 0 Å². The van der Waals surface area contributed by atoms with Crippen LogP contribution in [0.15, 0.2) is 0 Å². The summed E-state index contributed by atoms with van der Waals surface area (Å²) in [5.41, 5.74) is 0. The SMILES string of the molecule is CN1CC[N+](C)(C(C#N)C#N)CC1. The molecule has 0 aliphatic carbocycles. The molecule has 1 saturated heterocycles. The highest BCUT2D eigenvalue weighted by Gasteiger charge is 2.35. The molecule has 0 N–H and O–H groups in total. The lowest BCUT2D eigenvalue weighted by Crippen LogP contribution is -2.60. The van der Waals surface area contributed by atoms with Gasteiger partial charge in [-0.05, 0) is 7.05 Å². The molecule has 0 spiro atoms. The third kappa shape index (κ3) is 1.98. The summed E-state index contributed by atoms with van der Waals surface area (Å²) in [4.78, 5) is 2.23. The molecule has 1 aliphatic rings. The number of nitriles is 2.